The van der Waals surface area contributed by atoms with Gasteiger partial charge < -0.3 is 15.2 Å². The highest BCUT2D eigenvalue weighted by molar-refractivity contribution is 7.91. The monoisotopic (exact) mass is 475 g/mol. The third-order valence-corrected chi connectivity index (χ3v) is 8.91. The number of anilines is 2. The second-order valence-corrected chi connectivity index (χ2v) is 11.0. The summed E-state index contributed by atoms with van der Waals surface area (Å²) in [5.74, 6) is 0. The zero-order valence-electron chi connectivity index (χ0n) is 18.1. The summed E-state index contributed by atoms with van der Waals surface area (Å²) in [6.45, 7) is 2.75. The first-order valence-corrected chi connectivity index (χ1v) is 13.4. The average molecular weight is 476 g/mol. The Morgan fingerprint density at radius 3 is 2.44 bits per heavy atom. The van der Waals surface area contributed by atoms with Crippen molar-refractivity contribution in [3.05, 3.63) is 39.4 Å². The largest absolute Gasteiger partial charge is 0.845 e. The van der Waals surface area contributed by atoms with E-state index in [1.54, 1.807) is 5.38 Å². The molecular weight excluding hydrogens is 448 g/mol. The van der Waals surface area contributed by atoms with E-state index in [-0.39, 0.29) is 6.04 Å². The van der Waals surface area contributed by atoms with Crippen molar-refractivity contribution in [2.45, 2.75) is 64.3 Å². The molecule has 2 heterocycles. The molecule has 3 aliphatic rings. The smallest absolute Gasteiger partial charge is 0.347 e. The van der Waals surface area contributed by atoms with Crippen molar-refractivity contribution >= 4 is 38.4 Å². The van der Waals surface area contributed by atoms with Gasteiger partial charge in [-0.25, -0.2) is 9.29 Å². The number of rotatable bonds is 5. The van der Waals surface area contributed by atoms with Gasteiger partial charge in [-0.05, 0) is 80.5 Å². The number of nitrogens with zero attached hydrogens (tertiary/aromatic N) is 3. The molecule has 1 fully saturated rings. The molecule has 2 aliphatic carbocycles. The van der Waals surface area contributed by atoms with Crippen molar-refractivity contribution in [2.24, 2.45) is 4.40 Å². The molecule has 0 unspecified atom stereocenters. The lowest BCUT2D eigenvalue weighted by Crippen LogP contribution is -2.44. The highest BCUT2D eigenvalue weighted by Gasteiger charge is 2.33. The van der Waals surface area contributed by atoms with E-state index >= 15 is 0 Å². The maximum atomic E-state index is 13.3. The van der Waals surface area contributed by atoms with Crippen LogP contribution in [0.5, 0.6) is 0 Å². The van der Waals surface area contributed by atoms with Crippen molar-refractivity contribution in [1.82, 2.24) is 4.98 Å². The number of benzene rings is 1. The molecule has 1 aromatic carbocycles. The molecule has 0 bridgehead atoms. The third kappa shape index (κ3) is 4.11. The summed E-state index contributed by atoms with van der Waals surface area (Å²) in [6, 6.07) is 1.09. The number of thiazole rings is 1. The second kappa shape index (κ2) is 8.64. The van der Waals surface area contributed by atoms with Crippen LogP contribution in [-0.2, 0) is 40.6 Å². The molecule has 0 radical (unpaired) electrons. The minimum Gasteiger partial charge on any atom is -0.845 e. The van der Waals surface area contributed by atoms with Crippen LogP contribution in [0.15, 0.2) is 15.8 Å². The van der Waals surface area contributed by atoms with Crippen LogP contribution in [0.2, 0.25) is 0 Å². The van der Waals surface area contributed by atoms with Crippen LogP contribution < -0.4 is 14.7 Å². The van der Waals surface area contributed by atoms with Gasteiger partial charge in [-0.3, -0.25) is 0 Å². The minimum atomic E-state index is -4.27. The Hall–Kier alpha value is -2.17. The molecule has 172 valence electrons. The second-order valence-electron chi connectivity index (χ2n) is 8.64. The molecule has 0 spiro atoms. The number of nitrogens with one attached hydrogen (secondary N) is 1. The number of hydrogen-bond acceptors (Lipinski definition) is 6. The topological polar surface area (TPSA) is 107 Å². The summed E-state index contributed by atoms with van der Waals surface area (Å²) in [5, 5.41) is 17.9. The minimum absolute atomic E-state index is 0.332. The van der Waals surface area contributed by atoms with Crippen molar-refractivity contribution in [3.63, 3.8) is 0 Å². The van der Waals surface area contributed by atoms with E-state index in [1.807, 2.05) is 6.92 Å². The summed E-state index contributed by atoms with van der Waals surface area (Å²) in [4.78, 5) is 4.37. The maximum Gasteiger partial charge on any atom is 0.347 e. The fraction of sp³-hybridized carbons (Fsp3) is 0.545. The van der Waals surface area contributed by atoms with Crippen LogP contribution in [0.3, 0.4) is 0 Å². The predicted molar refractivity (Wildman–Crippen MR) is 124 cm³/mol. The molecule has 0 saturated carbocycles. The fourth-order valence-corrected chi connectivity index (χ4v) is 7.41. The first-order valence-electron chi connectivity index (χ1n) is 11.2. The fourth-order valence-electron chi connectivity index (χ4n) is 5.05. The summed E-state index contributed by atoms with van der Waals surface area (Å²) >= 11 is 1.24. The number of hydrogen-bond donors (Lipinski definition) is 1. The van der Waals surface area contributed by atoms with Crippen LogP contribution in [0.25, 0.3) is 0 Å². The molecule has 1 aromatic heterocycles. The van der Waals surface area contributed by atoms with Gasteiger partial charge in [0, 0.05) is 24.3 Å². The van der Waals surface area contributed by atoms with E-state index in [0.717, 1.165) is 61.0 Å². The van der Waals surface area contributed by atoms with Crippen molar-refractivity contribution in [3.8, 4) is 0 Å². The molecule has 0 atom stereocenters. The molecule has 10 heteroatoms. The van der Waals surface area contributed by atoms with Gasteiger partial charge in [0.05, 0.1) is 17.8 Å². The Balaban J connectivity index is 1.48. The SMILES string of the molecule is Cc1csc(N(C2CCOCC2)S(=O)(=O)/N=C(\[O-])Nc2c3c(cc4c2CCC4)CCC3)n1. The zero-order chi connectivity index (χ0) is 22.3. The van der Waals surface area contributed by atoms with E-state index in [1.165, 1.54) is 26.8 Å². The first kappa shape index (κ1) is 21.7. The molecule has 8 nitrogen and oxygen atoms in total. The van der Waals surface area contributed by atoms with Gasteiger partial charge in [0.2, 0.25) is 5.13 Å². The quantitative estimate of drug-likeness (QED) is 0.526. The van der Waals surface area contributed by atoms with Gasteiger partial charge in [-0.2, -0.15) is 8.42 Å². The van der Waals surface area contributed by atoms with Crippen molar-refractivity contribution in [1.29, 1.82) is 0 Å². The normalized spacial score (nSPS) is 19.1. The van der Waals surface area contributed by atoms with E-state index < -0.39 is 16.2 Å². The summed E-state index contributed by atoms with van der Waals surface area (Å²) in [6.07, 6.45) is 6.98. The molecule has 0 amide bonds. The Morgan fingerprint density at radius 2 is 1.84 bits per heavy atom. The molecule has 5 rings (SSSR count). The van der Waals surface area contributed by atoms with Gasteiger partial charge in [0.1, 0.15) is 0 Å². The van der Waals surface area contributed by atoms with Crippen molar-refractivity contribution in [2.75, 3.05) is 22.8 Å². The maximum absolute atomic E-state index is 13.3. The summed E-state index contributed by atoms with van der Waals surface area (Å²) < 4.78 is 37.0. The third-order valence-electron chi connectivity index (χ3n) is 6.47. The molecule has 1 N–H and O–H groups in total. The van der Waals surface area contributed by atoms with Gasteiger partial charge in [0.25, 0.3) is 0 Å². The number of ether oxygens (including phenoxy) is 1. The number of aryl methyl sites for hydroxylation is 3. The van der Waals surface area contributed by atoms with Gasteiger partial charge >= 0.3 is 10.2 Å². The Labute approximate surface area is 192 Å². The van der Waals surface area contributed by atoms with Gasteiger partial charge in [0.15, 0.2) is 0 Å². The van der Waals surface area contributed by atoms with Crippen LogP contribution in [-0.4, -0.2) is 38.7 Å². The van der Waals surface area contributed by atoms with Gasteiger partial charge in [-0.15, -0.1) is 15.7 Å². The van der Waals surface area contributed by atoms with Crippen LogP contribution in [0.1, 0.15) is 53.6 Å². The number of fused-ring (bicyclic) bond motifs is 2. The van der Waals surface area contributed by atoms with Crippen LogP contribution >= 0.6 is 11.3 Å². The highest BCUT2D eigenvalue weighted by Crippen LogP contribution is 2.38. The van der Waals surface area contributed by atoms with Crippen LogP contribution in [0, 0.1) is 6.92 Å². The highest BCUT2D eigenvalue weighted by atomic mass is 32.2. The van der Waals surface area contributed by atoms with E-state index in [9.17, 15) is 13.5 Å². The van der Waals surface area contributed by atoms with E-state index in [2.05, 4.69) is 20.8 Å². The lowest BCUT2D eigenvalue weighted by molar-refractivity contribution is -0.213. The first-order chi connectivity index (χ1) is 15.4. The molecule has 1 aliphatic heterocycles. The Morgan fingerprint density at radius 1 is 1.19 bits per heavy atom. The Kier molecular flexibility index (Phi) is 5.85. The lowest BCUT2D eigenvalue weighted by atomic mass is 9.99. The predicted octanol–water partition coefficient (Wildman–Crippen LogP) is 2.49. The average Bonchev–Trinajstić information content (AvgIpc) is 3.49. The Bertz CT molecular complexity index is 1120. The standard InChI is InChI=1S/C22H28N4O4S2/c1-14-13-31-22(23-14)26(17-8-10-30-11-9-17)32(28,29)25-21(27)24-20-18-6-2-4-15(18)12-16-5-3-7-19(16)20/h12-13,17H,2-11H2,1H3,(H2,24,25,27)/p-1. The summed E-state index contributed by atoms with van der Waals surface area (Å²) in [5.41, 5.74) is 6.35. The van der Waals surface area contributed by atoms with E-state index in [4.69, 9.17) is 4.74 Å². The van der Waals surface area contributed by atoms with E-state index in [0.29, 0.717) is 31.2 Å². The molecule has 2 aromatic rings. The molecule has 32 heavy (non-hydrogen) atoms. The molecular formula is C22H27N4O4S2-. The van der Waals surface area contributed by atoms with Crippen LogP contribution in [0.4, 0.5) is 10.8 Å². The number of amidine groups is 1. The zero-order valence-corrected chi connectivity index (χ0v) is 19.7. The lowest BCUT2D eigenvalue weighted by Gasteiger charge is -2.32. The molecule has 1 saturated heterocycles. The summed E-state index contributed by atoms with van der Waals surface area (Å²) in [7, 11) is -4.27. The number of aromatic nitrogens is 1. The van der Waals surface area contributed by atoms with Crippen molar-refractivity contribution < 1.29 is 18.3 Å². The van der Waals surface area contributed by atoms with Gasteiger partial charge in [-0.1, -0.05) is 6.07 Å².